The van der Waals surface area contributed by atoms with Gasteiger partial charge in [-0.15, -0.1) is 0 Å². The molecular formula is C23H24N2S. The smallest absolute Gasteiger partial charge is 0.171 e. The van der Waals surface area contributed by atoms with Gasteiger partial charge < -0.3 is 10.6 Å². The van der Waals surface area contributed by atoms with E-state index in [0.29, 0.717) is 5.11 Å². The Morgan fingerprint density at radius 3 is 2.27 bits per heavy atom. The van der Waals surface area contributed by atoms with Crippen LogP contribution in [0.15, 0.2) is 65.4 Å². The van der Waals surface area contributed by atoms with Crippen LogP contribution in [0.3, 0.4) is 0 Å². The Morgan fingerprint density at radius 1 is 0.923 bits per heavy atom. The van der Waals surface area contributed by atoms with Crippen molar-refractivity contribution in [1.82, 2.24) is 10.6 Å². The van der Waals surface area contributed by atoms with Crippen LogP contribution in [0.1, 0.15) is 47.6 Å². The highest BCUT2D eigenvalue weighted by molar-refractivity contribution is 7.80. The molecule has 2 aliphatic rings. The summed E-state index contributed by atoms with van der Waals surface area (Å²) in [5.41, 5.74) is 9.11. The molecule has 132 valence electrons. The molecule has 4 rings (SSSR count). The number of allylic oxidation sites excluding steroid dienone is 1. The molecule has 0 spiro atoms. The third-order valence-electron chi connectivity index (χ3n) is 5.23. The van der Waals surface area contributed by atoms with Crippen LogP contribution in [-0.2, 0) is 0 Å². The molecule has 1 atom stereocenters. The maximum Gasteiger partial charge on any atom is 0.171 e. The summed E-state index contributed by atoms with van der Waals surface area (Å²) in [5, 5.41) is 7.64. The van der Waals surface area contributed by atoms with Crippen molar-refractivity contribution in [2.45, 2.75) is 39.2 Å². The van der Waals surface area contributed by atoms with Crippen LogP contribution in [0.4, 0.5) is 0 Å². The van der Waals surface area contributed by atoms with Crippen LogP contribution in [0.2, 0.25) is 0 Å². The second-order valence-electron chi connectivity index (χ2n) is 7.28. The fraction of sp³-hybridized carbons (Fsp3) is 0.261. The van der Waals surface area contributed by atoms with Gasteiger partial charge in [0, 0.05) is 5.70 Å². The zero-order chi connectivity index (χ0) is 18.1. The van der Waals surface area contributed by atoms with Crippen molar-refractivity contribution in [2.24, 2.45) is 0 Å². The Kier molecular flexibility index (Phi) is 4.64. The summed E-state index contributed by atoms with van der Waals surface area (Å²) in [6.07, 6.45) is 5.67. The molecule has 2 nitrogen and oxygen atoms in total. The van der Waals surface area contributed by atoms with Gasteiger partial charge in [-0.1, -0.05) is 59.7 Å². The zero-order valence-electron chi connectivity index (χ0n) is 15.3. The highest BCUT2D eigenvalue weighted by atomic mass is 32.1. The van der Waals surface area contributed by atoms with Gasteiger partial charge in [0.1, 0.15) is 0 Å². The lowest BCUT2D eigenvalue weighted by atomic mass is 9.83. The number of benzene rings is 2. The quantitative estimate of drug-likeness (QED) is 0.707. The van der Waals surface area contributed by atoms with Gasteiger partial charge in [0.05, 0.1) is 6.04 Å². The van der Waals surface area contributed by atoms with Gasteiger partial charge in [0.25, 0.3) is 0 Å². The summed E-state index contributed by atoms with van der Waals surface area (Å²) in [4.78, 5) is 0. The third-order valence-corrected chi connectivity index (χ3v) is 5.45. The monoisotopic (exact) mass is 360 g/mol. The second-order valence-corrected chi connectivity index (χ2v) is 7.68. The first-order chi connectivity index (χ1) is 12.6. The van der Waals surface area contributed by atoms with E-state index in [-0.39, 0.29) is 6.04 Å². The van der Waals surface area contributed by atoms with Gasteiger partial charge in [-0.2, -0.15) is 0 Å². The maximum atomic E-state index is 5.53. The Bertz CT molecular complexity index is 889. The van der Waals surface area contributed by atoms with Crippen molar-refractivity contribution in [3.05, 3.63) is 87.6 Å². The Labute approximate surface area is 161 Å². The predicted octanol–water partition coefficient (Wildman–Crippen LogP) is 5.34. The summed E-state index contributed by atoms with van der Waals surface area (Å²) < 4.78 is 0. The fourth-order valence-corrected chi connectivity index (χ4v) is 4.01. The first kappa shape index (κ1) is 17.0. The molecule has 1 aliphatic carbocycles. The molecule has 1 heterocycles. The zero-order valence-corrected chi connectivity index (χ0v) is 16.1. The van der Waals surface area contributed by atoms with Gasteiger partial charge in [-0.25, -0.2) is 0 Å². The van der Waals surface area contributed by atoms with Crippen molar-refractivity contribution in [3.63, 3.8) is 0 Å². The predicted molar refractivity (Wildman–Crippen MR) is 113 cm³/mol. The largest absolute Gasteiger partial charge is 0.352 e. The minimum atomic E-state index is 0.168. The summed E-state index contributed by atoms with van der Waals surface area (Å²) in [5.74, 6) is 0. The fourth-order valence-electron chi connectivity index (χ4n) is 3.79. The van der Waals surface area contributed by atoms with Crippen LogP contribution in [0, 0.1) is 13.8 Å². The van der Waals surface area contributed by atoms with E-state index in [1.54, 1.807) is 0 Å². The molecule has 26 heavy (non-hydrogen) atoms. The molecule has 2 N–H and O–H groups in total. The third kappa shape index (κ3) is 3.45. The van der Waals surface area contributed by atoms with Gasteiger partial charge in [0.15, 0.2) is 5.11 Å². The van der Waals surface area contributed by atoms with Crippen molar-refractivity contribution in [2.75, 3.05) is 0 Å². The first-order valence-corrected chi connectivity index (χ1v) is 9.66. The Balaban J connectivity index is 1.75. The lowest BCUT2D eigenvalue weighted by Gasteiger charge is -2.36. The molecule has 0 saturated heterocycles. The lowest BCUT2D eigenvalue weighted by molar-refractivity contribution is 0.609. The average Bonchev–Trinajstić information content (AvgIpc) is 2.64. The molecule has 2 aromatic rings. The first-order valence-electron chi connectivity index (χ1n) is 9.25. The molecule has 0 fully saturated rings. The lowest BCUT2D eigenvalue weighted by Crippen LogP contribution is -2.45. The normalized spacial score (nSPS) is 21.2. The second kappa shape index (κ2) is 7.08. The summed E-state index contributed by atoms with van der Waals surface area (Å²) in [7, 11) is 0. The van der Waals surface area contributed by atoms with Gasteiger partial charge >= 0.3 is 0 Å². The average molecular weight is 361 g/mol. The number of thiocarbonyl (C=S) groups is 1. The molecule has 0 saturated carbocycles. The minimum Gasteiger partial charge on any atom is -0.352 e. The SMILES string of the molecule is Cc1ccc(C=C2CCCC3=C2NC(=S)N[C@H]3c2ccc(C)cc2)cc1. The number of hydrogen-bond donors (Lipinski definition) is 2. The molecule has 0 bridgehead atoms. The van der Waals surface area contributed by atoms with E-state index in [1.165, 1.54) is 45.5 Å². The van der Waals surface area contributed by atoms with Crippen molar-refractivity contribution >= 4 is 23.4 Å². The van der Waals surface area contributed by atoms with Crippen molar-refractivity contribution in [3.8, 4) is 0 Å². The van der Waals surface area contributed by atoms with Crippen LogP contribution in [0.25, 0.3) is 6.08 Å². The van der Waals surface area contributed by atoms with E-state index in [9.17, 15) is 0 Å². The number of aryl methyl sites for hydroxylation is 2. The molecule has 1 aliphatic heterocycles. The van der Waals surface area contributed by atoms with Crippen LogP contribution >= 0.6 is 12.2 Å². The van der Waals surface area contributed by atoms with Crippen LogP contribution < -0.4 is 10.6 Å². The highest BCUT2D eigenvalue weighted by Crippen LogP contribution is 2.38. The van der Waals surface area contributed by atoms with Gasteiger partial charge in [-0.3, -0.25) is 0 Å². The molecule has 0 radical (unpaired) electrons. The standard InChI is InChI=1S/C23H24N2S/c1-15-6-10-17(11-7-15)14-19-4-3-5-20-21(24-23(26)25-22(19)20)18-12-8-16(2)9-13-18/h6-14,21H,3-5H2,1-2H3,(H2,24,25,26)/t21-/m0/s1. The maximum absolute atomic E-state index is 5.53. The molecule has 0 amide bonds. The molecule has 2 aromatic carbocycles. The Hall–Kier alpha value is -2.39. The van der Waals surface area contributed by atoms with Crippen LogP contribution in [0.5, 0.6) is 0 Å². The summed E-state index contributed by atoms with van der Waals surface area (Å²) in [6, 6.07) is 17.7. The van der Waals surface area contributed by atoms with E-state index < -0.39 is 0 Å². The van der Waals surface area contributed by atoms with E-state index >= 15 is 0 Å². The summed E-state index contributed by atoms with van der Waals surface area (Å²) >= 11 is 5.53. The molecule has 3 heteroatoms. The molecule has 0 unspecified atom stereocenters. The minimum absolute atomic E-state index is 0.168. The van der Waals surface area contributed by atoms with Gasteiger partial charge in [-0.05, 0) is 73.7 Å². The Morgan fingerprint density at radius 2 is 1.58 bits per heavy atom. The molecule has 0 aromatic heterocycles. The van der Waals surface area contributed by atoms with Crippen LogP contribution in [-0.4, -0.2) is 5.11 Å². The van der Waals surface area contributed by atoms with Crippen molar-refractivity contribution in [1.29, 1.82) is 0 Å². The topological polar surface area (TPSA) is 24.1 Å². The van der Waals surface area contributed by atoms with Gasteiger partial charge in [0.2, 0.25) is 0 Å². The highest BCUT2D eigenvalue weighted by Gasteiger charge is 2.30. The number of hydrogen-bond acceptors (Lipinski definition) is 1. The molecular weight excluding hydrogens is 336 g/mol. The van der Waals surface area contributed by atoms with Crippen molar-refractivity contribution < 1.29 is 0 Å². The summed E-state index contributed by atoms with van der Waals surface area (Å²) in [6.45, 7) is 4.25. The number of nitrogens with one attached hydrogen (secondary N) is 2. The van der Waals surface area contributed by atoms with E-state index in [2.05, 4.69) is 79.1 Å². The van der Waals surface area contributed by atoms with E-state index in [1.807, 2.05) is 0 Å². The number of rotatable bonds is 2. The van der Waals surface area contributed by atoms with E-state index in [4.69, 9.17) is 12.2 Å². The van der Waals surface area contributed by atoms with E-state index in [0.717, 1.165) is 12.8 Å².